The van der Waals surface area contributed by atoms with Crippen LogP contribution in [0.3, 0.4) is 0 Å². The van der Waals surface area contributed by atoms with Gasteiger partial charge in [-0.05, 0) is 18.6 Å². The van der Waals surface area contributed by atoms with Crippen LogP contribution in [-0.4, -0.2) is 22.3 Å². The Labute approximate surface area is 123 Å². The number of hydrogen-bond donors (Lipinski definition) is 1. The van der Waals surface area contributed by atoms with Gasteiger partial charge >= 0.3 is 0 Å². The van der Waals surface area contributed by atoms with Crippen molar-refractivity contribution < 1.29 is 4.79 Å². The van der Waals surface area contributed by atoms with Gasteiger partial charge in [0.1, 0.15) is 5.82 Å². The van der Waals surface area contributed by atoms with E-state index in [1.807, 2.05) is 37.3 Å². The second kappa shape index (κ2) is 6.39. The average Bonchev–Trinajstić information content (AvgIpc) is 2.48. The molecule has 0 aliphatic rings. The van der Waals surface area contributed by atoms with Crippen LogP contribution in [0.4, 0.5) is 5.82 Å². The fourth-order valence-electron chi connectivity index (χ4n) is 1.88. The van der Waals surface area contributed by atoms with Gasteiger partial charge in [0.2, 0.25) is 0 Å². The topological polar surface area (TPSA) is 59.2 Å². The van der Waals surface area contributed by atoms with E-state index in [2.05, 4.69) is 4.98 Å². The normalized spacial score (nSPS) is 10.3. The van der Waals surface area contributed by atoms with Gasteiger partial charge < -0.3 is 10.6 Å². The third-order valence-electron chi connectivity index (χ3n) is 3.00. The smallest absolute Gasteiger partial charge is 0.255 e. The van der Waals surface area contributed by atoms with Gasteiger partial charge in [0.05, 0.1) is 10.6 Å². The Balaban J connectivity index is 2.18. The van der Waals surface area contributed by atoms with E-state index < -0.39 is 0 Å². The van der Waals surface area contributed by atoms with Gasteiger partial charge in [-0.25, -0.2) is 4.98 Å². The predicted molar refractivity (Wildman–Crippen MR) is 80.5 cm³/mol. The van der Waals surface area contributed by atoms with Crippen LogP contribution in [0.5, 0.6) is 0 Å². The van der Waals surface area contributed by atoms with Gasteiger partial charge in [0.15, 0.2) is 0 Å². The Kier molecular flexibility index (Phi) is 4.58. The molecule has 2 rings (SSSR count). The SMILES string of the molecule is CCN(Cc1ccccc1)C(=O)c1cnc(N)c(Cl)c1. The van der Waals surface area contributed by atoms with Gasteiger partial charge in [-0.1, -0.05) is 41.9 Å². The number of nitrogen functional groups attached to an aromatic ring is 1. The lowest BCUT2D eigenvalue weighted by atomic mass is 10.2. The Bertz CT molecular complexity index is 601. The molecule has 1 aromatic heterocycles. The van der Waals surface area contributed by atoms with E-state index in [1.165, 1.54) is 6.20 Å². The average molecular weight is 290 g/mol. The third-order valence-corrected chi connectivity index (χ3v) is 3.30. The number of benzene rings is 1. The number of amides is 1. The molecule has 5 heteroatoms. The summed E-state index contributed by atoms with van der Waals surface area (Å²) in [7, 11) is 0. The Hall–Kier alpha value is -2.07. The number of nitrogens with two attached hydrogens (primary N) is 1. The Morgan fingerprint density at radius 1 is 1.35 bits per heavy atom. The van der Waals surface area contributed by atoms with Crippen LogP contribution in [0.15, 0.2) is 42.6 Å². The number of halogens is 1. The number of rotatable bonds is 4. The monoisotopic (exact) mass is 289 g/mol. The third kappa shape index (κ3) is 3.27. The molecule has 0 radical (unpaired) electrons. The molecule has 20 heavy (non-hydrogen) atoms. The molecule has 1 heterocycles. The van der Waals surface area contributed by atoms with Crippen molar-refractivity contribution in [1.82, 2.24) is 9.88 Å². The Morgan fingerprint density at radius 3 is 2.65 bits per heavy atom. The zero-order valence-electron chi connectivity index (χ0n) is 11.2. The lowest BCUT2D eigenvalue weighted by Gasteiger charge is -2.21. The van der Waals surface area contributed by atoms with Crippen LogP contribution >= 0.6 is 11.6 Å². The van der Waals surface area contributed by atoms with E-state index in [0.717, 1.165) is 5.56 Å². The number of hydrogen-bond acceptors (Lipinski definition) is 3. The summed E-state index contributed by atoms with van der Waals surface area (Å²) in [5.41, 5.74) is 7.08. The van der Waals surface area contributed by atoms with Crippen molar-refractivity contribution in [2.75, 3.05) is 12.3 Å². The van der Waals surface area contributed by atoms with E-state index in [0.29, 0.717) is 23.7 Å². The first kappa shape index (κ1) is 14.3. The molecule has 0 saturated heterocycles. The van der Waals surface area contributed by atoms with E-state index in [-0.39, 0.29) is 11.7 Å². The molecule has 1 aromatic carbocycles. The maximum atomic E-state index is 12.4. The molecule has 0 fully saturated rings. The summed E-state index contributed by atoms with van der Waals surface area (Å²) in [5, 5.41) is 0.298. The lowest BCUT2D eigenvalue weighted by molar-refractivity contribution is 0.0752. The summed E-state index contributed by atoms with van der Waals surface area (Å²) in [6.07, 6.45) is 1.46. The molecule has 0 spiro atoms. The van der Waals surface area contributed by atoms with E-state index in [4.69, 9.17) is 17.3 Å². The molecular weight excluding hydrogens is 274 g/mol. The van der Waals surface area contributed by atoms with Gasteiger partial charge in [-0.2, -0.15) is 0 Å². The second-order valence-corrected chi connectivity index (χ2v) is 4.80. The van der Waals surface area contributed by atoms with E-state index >= 15 is 0 Å². The van der Waals surface area contributed by atoms with Crippen molar-refractivity contribution in [1.29, 1.82) is 0 Å². The fraction of sp³-hybridized carbons (Fsp3) is 0.200. The summed E-state index contributed by atoms with van der Waals surface area (Å²) in [6, 6.07) is 11.4. The zero-order chi connectivity index (χ0) is 14.5. The highest BCUT2D eigenvalue weighted by molar-refractivity contribution is 6.33. The molecule has 0 aliphatic carbocycles. The molecular formula is C15H16ClN3O. The minimum absolute atomic E-state index is 0.106. The highest BCUT2D eigenvalue weighted by Gasteiger charge is 2.16. The van der Waals surface area contributed by atoms with Crippen LogP contribution in [0.1, 0.15) is 22.8 Å². The summed E-state index contributed by atoms with van der Waals surface area (Å²) in [4.78, 5) is 18.1. The first-order valence-electron chi connectivity index (χ1n) is 6.36. The van der Waals surface area contributed by atoms with Crippen molar-refractivity contribution in [3.63, 3.8) is 0 Å². The maximum Gasteiger partial charge on any atom is 0.255 e. The van der Waals surface area contributed by atoms with Crippen LogP contribution in [0, 0.1) is 0 Å². The summed E-state index contributed by atoms with van der Waals surface area (Å²) < 4.78 is 0. The minimum Gasteiger partial charge on any atom is -0.382 e. The number of nitrogens with zero attached hydrogens (tertiary/aromatic N) is 2. The largest absolute Gasteiger partial charge is 0.382 e. The molecule has 0 saturated carbocycles. The minimum atomic E-state index is -0.106. The summed E-state index contributed by atoms with van der Waals surface area (Å²) >= 11 is 5.91. The summed E-state index contributed by atoms with van der Waals surface area (Å²) in [6.45, 7) is 3.10. The molecule has 0 atom stereocenters. The molecule has 0 unspecified atom stereocenters. The van der Waals surface area contributed by atoms with Crippen LogP contribution in [0.25, 0.3) is 0 Å². The summed E-state index contributed by atoms with van der Waals surface area (Å²) in [5.74, 6) is 0.125. The van der Waals surface area contributed by atoms with Crippen LogP contribution in [0.2, 0.25) is 5.02 Å². The molecule has 2 aromatic rings. The van der Waals surface area contributed by atoms with Crippen molar-refractivity contribution in [3.8, 4) is 0 Å². The highest BCUT2D eigenvalue weighted by atomic mass is 35.5. The first-order valence-corrected chi connectivity index (χ1v) is 6.73. The quantitative estimate of drug-likeness (QED) is 0.941. The van der Waals surface area contributed by atoms with Crippen LogP contribution in [-0.2, 0) is 6.54 Å². The van der Waals surface area contributed by atoms with Crippen LogP contribution < -0.4 is 5.73 Å². The van der Waals surface area contributed by atoms with Gasteiger partial charge in [0, 0.05) is 19.3 Å². The van der Waals surface area contributed by atoms with Gasteiger partial charge in [-0.15, -0.1) is 0 Å². The molecule has 1 amide bonds. The predicted octanol–water partition coefficient (Wildman–Crippen LogP) is 2.98. The van der Waals surface area contributed by atoms with Crippen molar-refractivity contribution in [2.45, 2.75) is 13.5 Å². The van der Waals surface area contributed by atoms with Gasteiger partial charge in [-0.3, -0.25) is 4.79 Å². The lowest BCUT2D eigenvalue weighted by Crippen LogP contribution is -2.30. The molecule has 2 N–H and O–H groups in total. The number of aromatic nitrogens is 1. The number of anilines is 1. The van der Waals surface area contributed by atoms with E-state index in [9.17, 15) is 4.79 Å². The number of pyridine rings is 1. The standard InChI is InChI=1S/C15H16ClN3O/c1-2-19(10-11-6-4-3-5-7-11)15(20)12-8-13(16)14(17)18-9-12/h3-9H,2,10H2,1H3,(H2,17,18). The molecule has 4 nitrogen and oxygen atoms in total. The maximum absolute atomic E-state index is 12.4. The van der Waals surface area contributed by atoms with Crippen molar-refractivity contribution in [3.05, 3.63) is 58.7 Å². The highest BCUT2D eigenvalue weighted by Crippen LogP contribution is 2.18. The first-order chi connectivity index (χ1) is 9.61. The molecule has 104 valence electrons. The van der Waals surface area contributed by atoms with Crippen molar-refractivity contribution >= 4 is 23.3 Å². The number of carbonyl (C=O) groups excluding carboxylic acids is 1. The molecule has 0 aliphatic heterocycles. The van der Waals surface area contributed by atoms with E-state index in [1.54, 1.807) is 11.0 Å². The number of carbonyl (C=O) groups is 1. The Morgan fingerprint density at radius 2 is 2.05 bits per heavy atom. The second-order valence-electron chi connectivity index (χ2n) is 4.40. The fourth-order valence-corrected chi connectivity index (χ4v) is 2.05. The zero-order valence-corrected chi connectivity index (χ0v) is 12.0. The molecule has 0 bridgehead atoms. The van der Waals surface area contributed by atoms with Crippen molar-refractivity contribution in [2.24, 2.45) is 0 Å². The van der Waals surface area contributed by atoms with Gasteiger partial charge in [0.25, 0.3) is 5.91 Å².